The van der Waals surface area contributed by atoms with Crippen LogP contribution in [0.1, 0.15) is 6.42 Å². The van der Waals surface area contributed by atoms with Gasteiger partial charge in [-0.15, -0.1) is 0 Å². The predicted molar refractivity (Wildman–Crippen MR) is 52.7 cm³/mol. The molecule has 3 aliphatic rings. The van der Waals surface area contributed by atoms with Gasteiger partial charge in [0.05, 0.1) is 13.2 Å². The highest BCUT2D eigenvalue weighted by Gasteiger charge is 2.42. The number of carbonyl (C=O) groups excluding carboxylic acids is 1. The molecule has 15 heavy (non-hydrogen) atoms. The average Bonchev–Trinajstić information content (AvgIpc) is 2.67. The van der Waals surface area contributed by atoms with Crippen molar-refractivity contribution in [2.75, 3.05) is 13.2 Å². The highest BCUT2D eigenvalue weighted by molar-refractivity contribution is 5.83. The summed E-state index contributed by atoms with van der Waals surface area (Å²) in [5.41, 5.74) is 1.71. The van der Waals surface area contributed by atoms with Gasteiger partial charge in [-0.3, -0.25) is 4.79 Å². The fourth-order valence-corrected chi connectivity index (χ4v) is 2.08. The first-order chi connectivity index (χ1) is 7.30. The summed E-state index contributed by atoms with van der Waals surface area (Å²) < 4.78 is 11.2. The van der Waals surface area contributed by atoms with E-state index >= 15 is 0 Å². The molecule has 0 aromatic heterocycles. The molecule has 2 heterocycles. The lowest BCUT2D eigenvalue weighted by atomic mass is 9.93. The fraction of sp³-hybridized carbons (Fsp3) is 0.364. The molecule has 2 aliphatic heterocycles. The summed E-state index contributed by atoms with van der Waals surface area (Å²) in [5.74, 6) is -0.744. The van der Waals surface area contributed by atoms with Gasteiger partial charge in [0, 0.05) is 17.7 Å². The molecule has 0 aromatic rings. The second-order valence-electron chi connectivity index (χ2n) is 3.67. The molecule has 1 aliphatic carbocycles. The number of nitrogens with one attached hydrogen (secondary N) is 1. The van der Waals surface area contributed by atoms with E-state index < -0.39 is 5.79 Å². The fourth-order valence-electron chi connectivity index (χ4n) is 2.08. The van der Waals surface area contributed by atoms with E-state index in [9.17, 15) is 4.79 Å². The smallest absolute Gasteiger partial charge is 0.228 e. The van der Waals surface area contributed by atoms with Gasteiger partial charge >= 0.3 is 0 Å². The molecule has 1 N–H and O–H groups in total. The molecular weight excluding hydrogens is 194 g/mol. The monoisotopic (exact) mass is 205 g/mol. The normalized spacial score (nSPS) is 27.1. The van der Waals surface area contributed by atoms with Crippen LogP contribution >= 0.6 is 0 Å². The lowest BCUT2D eigenvalue weighted by Crippen LogP contribution is -2.40. The number of carbonyl (C=O) groups is 1. The van der Waals surface area contributed by atoms with Gasteiger partial charge < -0.3 is 14.8 Å². The Hall–Kier alpha value is -1.39. The van der Waals surface area contributed by atoms with Crippen molar-refractivity contribution in [3.05, 3.63) is 35.6 Å². The summed E-state index contributed by atoms with van der Waals surface area (Å²) in [5, 5.41) is 2.81. The molecule has 3 rings (SSSR count). The lowest BCUT2D eigenvalue weighted by molar-refractivity contribution is -0.120. The van der Waals surface area contributed by atoms with Crippen LogP contribution in [0.15, 0.2) is 35.6 Å². The van der Waals surface area contributed by atoms with E-state index in [1.54, 1.807) is 0 Å². The van der Waals surface area contributed by atoms with E-state index in [4.69, 9.17) is 9.47 Å². The SMILES string of the molecule is O=C1CC=C2C(=CC=CC23OCCO3)N1. The largest absolute Gasteiger partial charge is 0.340 e. The van der Waals surface area contributed by atoms with Gasteiger partial charge in [-0.25, -0.2) is 0 Å². The number of allylic oxidation sites excluding steroid dienone is 2. The molecule has 0 radical (unpaired) electrons. The quantitative estimate of drug-likeness (QED) is 0.631. The van der Waals surface area contributed by atoms with E-state index in [2.05, 4.69) is 5.32 Å². The highest BCUT2D eigenvalue weighted by Crippen LogP contribution is 2.37. The zero-order valence-corrected chi connectivity index (χ0v) is 8.16. The first-order valence-corrected chi connectivity index (χ1v) is 4.98. The minimum atomic E-state index is -0.752. The van der Waals surface area contributed by atoms with E-state index in [1.165, 1.54) is 0 Å². The molecule has 1 spiro atoms. The standard InChI is InChI=1S/C11H11NO3/c13-10-4-3-8-9(12-10)2-1-5-11(8)14-6-7-15-11/h1-3,5H,4,6-7H2,(H,12,13). The van der Waals surface area contributed by atoms with Crippen molar-refractivity contribution < 1.29 is 14.3 Å². The Morgan fingerprint density at radius 3 is 2.93 bits per heavy atom. The Kier molecular flexibility index (Phi) is 1.81. The maximum Gasteiger partial charge on any atom is 0.228 e. The van der Waals surface area contributed by atoms with Crippen LogP contribution in [0.25, 0.3) is 0 Å². The van der Waals surface area contributed by atoms with Crippen LogP contribution in [-0.2, 0) is 14.3 Å². The van der Waals surface area contributed by atoms with Crippen molar-refractivity contribution in [2.45, 2.75) is 12.2 Å². The van der Waals surface area contributed by atoms with Gasteiger partial charge in [-0.1, -0.05) is 12.2 Å². The number of amides is 1. The van der Waals surface area contributed by atoms with Crippen LogP contribution in [0.3, 0.4) is 0 Å². The summed E-state index contributed by atoms with van der Waals surface area (Å²) in [7, 11) is 0. The zero-order valence-electron chi connectivity index (χ0n) is 8.16. The van der Waals surface area contributed by atoms with Crippen molar-refractivity contribution in [3.63, 3.8) is 0 Å². The van der Waals surface area contributed by atoms with Crippen LogP contribution in [0.4, 0.5) is 0 Å². The van der Waals surface area contributed by atoms with E-state index in [0.717, 1.165) is 11.3 Å². The number of fused-ring (bicyclic) bond motifs is 2. The summed E-state index contributed by atoms with van der Waals surface area (Å²) in [6.45, 7) is 1.17. The molecule has 0 saturated carbocycles. The van der Waals surface area contributed by atoms with Crippen LogP contribution in [0, 0.1) is 0 Å². The molecular formula is C11H11NO3. The second kappa shape index (κ2) is 3.05. The first kappa shape index (κ1) is 8.88. The van der Waals surface area contributed by atoms with E-state index in [0.29, 0.717) is 19.6 Å². The summed E-state index contributed by atoms with van der Waals surface area (Å²) in [4.78, 5) is 11.2. The summed E-state index contributed by atoms with van der Waals surface area (Å²) in [6, 6.07) is 0. The maximum atomic E-state index is 11.2. The van der Waals surface area contributed by atoms with Crippen LogP contribution < -0.4 is 5.32 Å². The number of ether oxygens (including phenoxy) is 2. The zero-order chi connectivity index (χ0) is 10.3. The Morgan fingerprint density at radius 1 is 1.33 bits per heavy atom. The molecule has 0 unspecified atom stereocenters. The molecule has 1 saturated heterocycles. The minimum absolute atomic E-state index is 0.00782. The van der Waals surface area contributed by atoms with Crippen molar-refractivity contribution >= 4 is 5.91 Å². The molecule has 78 valence electrons. The van der Waals surface area contributed by atoms with Gasteiger partial charge in [-0.05, 0) is 12.2 Å². The van der Waals surface area contributed by atoms with Gasteiger partial charge in [0.2, 0.25) is 11.7 Å². The average molecular weight is 205 g/mol. The number of rotatable bonds is 0. The van der Waals surface area contributed by atoms with Crippen molar-refractivity contribution in [2.24, 2.45) is 0 Å². The minimum Gasteiger partial charge on any atom is -0.340 e. The van der Waals surface area contributed by atoms with E-state index in [1.807, 2.05) is 24.3 Å². The molecule has 0 aromatic carbocycles. The molecule has 0 atom stereocenters. The number of hydrogen-bond donors (Lipinski definition) is 1. The van der Waals surface area contributed by atoms with Gasteiger partial charge in [0.1, 0.15) is 0 Å². The molecule has 0 bridgehead atoms. The molecule has 4 heteroatoms. The van der Waals surface area contributed by atoms with Crippen molar-refractivity contribution in [3.8, 4) is 0 Å². The van der Waals surface area contributed by atoms with Crippen LogP contribution in [-0.4, -0.2) is 24.9 Å². The Balaban J connectivity index is 2.04. The van der Waals surface area contributed by atoms with Crippen molar-refractivity contribution in [1.29, 1.82) is 0 Å². The molecule has 1 fully saturated rings. The third-order valence-electron chi connectivity index (χ3n) is 2.73. The van der Waals surface area contributed by atoms with Crippen molar-refractivity contribution in [1.82, 2.24) is 5.32 Å². The number of hydrogen-bond acceptors (Lipinski definition) is 3. The predicted octanol–water partition coefficient (Wildman–Crippen LogP) is 0.629. The van der Waals surface area contributed by atoms with Gasteiger partial charge in [0.25, 0.3) is 0 Å². The lowest BCUT2D eigenvalue weighted by Gasteiger charge is -2.32. The van der Waals surface area contributed by atoms with Crippen LogP contribution in [0.2, 0.25) is 0 Å². The van der Waals surface area contributed by atoms with E-state index in [-0.39, 0.29) is 5.91 Å². The second-order valence-corrected chi connectivity index (χ2v) is 3.67. The molecule has 4 nitrogen and oxygen atoms in total. The first-order valence-electron chi connectivity index (χ1n) is 4.98. The third kappa shape index (κ3) is 1.26. The molecule has 1 amide bonds. The maximum absolute atomic E-state index is 11.2. The van der Waals surface area contributed by atoms with Gasteiger partial charge in [-0.2, -0.15) is 0 Å². The Morgan fingerprint density at radius 2 is 2.13 bits per heavy atom. The van der Waals surface area contributed by atoms with Gasteiger partial charge in [0.15, 0.2) is 0 Å². The Labute approximate surface area is 87.2 Å². The Bertz CT molecular complexity index is 400. The highest BCUT2D eigenvalue weighted by atomic mass is 16.7. The van der Waals surface area contributed by atoms with Crippen LogP contribution in [0.5, 0.6) is 0 Å². The third-order valence-corrected chi connectivity index (χ3v) is 2.73. The summed E-state index contributed by atoms with van der Waals surface area (Å²) in [6.07, 6.45) is 7.85. The summed E-state index contributed by atoms with van der Waals surface area (Å²) >= 11 is 0. The topological polar surface area (TPSA) is 47.6 Å².